The van der Waals surface area contributed by atoms with Crippen LogP contribution in [0.5, 0.6) is 5.75 Å². The smallest absolute Gasteiger partial charge is 0.262 e. The number of carbonyl (C=O) groups is 1. The van der Waals surface area contributed by atoms with Crippen molar-refractivity contribution in [3.63, 3.8) is 0 Å². The van der Waals surface area contributed by atoms with Gasteiger partial charge in [0.15, 0.2) is 0 Å². The monoisotopic (exact) mass is 386 g/mol. The van der Waals surface area contributed by atoms with Crippen molar-refractivity contribution in [2.75, 3.05) is 31.6 Å². The number of sulfonamides is 1. The molecular formula is C20H22N2O4S. The van der Waals surface area contributed by atoms with Gasteiger partial charge in [-0.15, -0.1) is 0 Å². The van der Waals surface area contributed by atoms with Gasteiger partial charge in [-0.05, 0) is 49.1 Å². The fourth-order valence-corrected chi connectivity index (χ4v) is 5.33. The number of fused-ring (bicyclic) bond motifs is 1. The van der Waals surface area contributed by atoms with E-state index in [2.05, 4.69) is 0 Å². The van der Waals surface area contributed by atoms with E-state index in [0.29, 0.717) is 25.4 Å². The molecule has 2 aliphatic heterocycles. The van der Waals surface area contributed by atoms with E-state index in [0.717, 1.165) is 30.5 Å². The van der Waals surface area contributed by atoms with Crippen molar-refractivity contribution < 1.29 is 17.9 Å². The second-order valence-corrected chi connectivity index (χ2v) is 8.75. The summed E-state index contributed by atoms with van der Waals surface area (Å²) in [6.45, 7) is 1.62. The van der Waals surface area contributed by atoms with E-state index < -0.39 is 10.0 Å². The third kappa shape index (κ3) is 3.11. The molecule has 0 aliphatic carbocycles. The van der Waals surface area contributed by atoms with Crippen molar-refractivity contribution in [3.8, 4) is 5.75 Å². The second-order valence-electron chi connectivity index (χ2n) is 6.81. The lowest BCUT2D eigenvalue weighted by atomic mass is 10.1. The molecule has 0 radical (unpaired) electrons. The van der Waals surface area contributed by atoms with Crippen LogP contribution in [0.15, 0.2) is 47.4 Å². The molecule has 0 unspecified atom stereocenters. The zero-order chi connectivity index (χ0) is 19.0. The predicted octanol–water partition coefficient (Wildman–Crippen LogP) is 2.68. The highest BCUT2D eigenvalue weighted by atomic mass is 32.2. The van der Waals surface area contributed by atoms with E-state index in [9.17, 15) is 13.2 Å². The first-order valence-corrected chi connectivity index (χ1v) is 10.5. The SMILES string of the molecule is COc1ccc(S(=O)(=O)N2CCCC2)cc1C(=O)N1CCc2ccccc21. The molecule has 2 aromatic rings. The van der Waals surface area contributed by atoms with Crippen LogP contribution in [0.4, 0.5) is 5.69 Å². The number of amides is 1. The highest BCUT2D eigenvalue weighted by Gasteiger charge is 2.31. The highest BCUT2D eigenvalue weighted by Crippen LogP contribution is 2.32. The molecule has 4 rings (SSSR count). The summed E-state index contributed by atoms with van der Waals surface area (Å²) in [5.74, 6) is 0.139. The van der Waals surface area contributed by atoms with Crippen LogP contribution in [0, 0.1) is 0 Å². The molecule has 1 saturated heterocycles. The molecule has 27 heavy (non-hydrogen) atoms. The van der Waals surface area contributed by atoms with Crippen LogP contribution in [0.2, 0.25) is 0 Å². The Morgan fingerprint density at radius 2 is 1.78 bits per heavy atom. The average molecular weight is 386 g/mol. The fourth-order valence-electron chi connectivity index (χ4n) is 3.79. The maximum atomic E-state index is 13.2. The number of ether oxygens (including phenoxy) is 1. The summed E-state index contributed by atoms with van der Waals surface area (Å²) in [6, 6.07) is 12.3. The van der Waals surface area contributed by atoms with Crippen molar-refractivity contribution in [3.05, 3.63) is 53.6 Å². The summed E-state index contributed by atoms with van der Waals surface area (Å²) < 4.78 is 32.6. The lowest BCUT2D eigenvalue weighted by molar-refractivity contribution is 0.0986. The quantitative estimate of drug-likeness (QED) is 0.810. The van der Waals surface area contributed by atoms with Gasteiger partial charge in [-0.25, -0.2) is 8.42 Å². The van der Waals surface area contributed by atoms with Gasteiger partial charge in [0, 0.05) is 25.3 Å². The molecular weight excluding hydrogens is 364 g/mol. The van der Waals surface area contributed by atoms with E-state index in [4.69, 9.17) is 4.74 Å². The first kappa shape index (κ1) is 18.0. The predicted molar refractivity (Wildman–Crippen MR) is 103 cm³/mol. The number of methoxy groups -OCH3 is 1. The normalized spacial score (nSPS) is 17.1. The van der Waals surface area contributed by atoms with E-state index in [1.807, 2.05) is 24.3 Å². The van der Waals surface area contributed by atoms with E-state index >= 15 is 0 Å². The first-order valence-electron chi connectivity index (χ1n) is 9.10. The number of benzene rings is 2. The number of hydrogen-bond acceptors (Lipinski definition) is 4. The summed E-state index contributed by atoms with van der Waals surface area (Å²) in [7, 11) is -2.11. The maximum Gasteiger partial charge on any atom is 0.262 e. The Kier molecular flexibility index (Phi) is 4.65. The molecule has 142 valence electrons. The minimum absolute atomic E-state index is 0.140. The second kappa shape index (κ2) is 6.98. The average Bonchev–Trinajstić information content (AvgIpc) is 3.37. The molecule has 6 nitrogen and oxygen atoms in total. The van der Waals surface area contributed by atoms with Crippen LogP contribution >= 0.6 is 0 Å². The third-order valence-electron chi connectivity index (χ3n) is 5.24. The Morgan fingerprint density at radius 3 is 2.52 bits per heavy atom. The van der Waals surface area contributed by atoms with Gasteiger partial charge in [0.05, 0.1) is 17.6 Å². The van der Waals surface area contributed by atoms with Crippen molar-refractivity contribution in [1.29, 1.82) is 0 Å². The van der Waals surface area contributed by atoms with Gasteiger partial charge in [-0.1, -0.05) is 18.2 Å². The highest BCUT2D eigenvalue weighted by molar-refractivity contribution is 7.89. The molecule has 0 spiro atoms. The van der Waals surface area contributed by atoms with E-state index in [-0.39, 0.29) is 16.4 Å². The third-order valence-corrected chi connectivity index (χ3v) is 7.13. The molecule has 0 atom stereocenters. The largest absolute Gasteiger partial charge is 0.496 e. The van der Waals surface area contributed by atoms with Crippen LogP contribution in [-0.4, -0.2) is 45.4 Å². The lowest BCUT2D eigenvalue weighted by Crippen LogP contribution is -2.30. The molecule has 1 fully saturated rings. The summed E-state index contributed by atoms with van der Waals surface area (Å²) in [5, 5.41) is 0. The Balaban J connectivity index is 1.73. The molecule has 0 aromatic heterocycles. The van der Waals surface area contributed by atoms with Gasteiger partial charge in [-0.2, -0.15) is 4.31 Å². The van der Waals surface area contributed by atoms with Gasteiger partial charge >= 0.3 is 0 Å². The molecule has 1 amide bonds. The minimum Gasteiger partial charge on any atom is -0.496 e. The standard InChI is InChI=1S/C20H22N2O4S/c1-26-19-9-8-16(27(24,25)21-11-4-5-12-21)14-17(19)20(23)22-13-10-15-6-2-3-7-18(15)22/h2-3,6-9,14H,4-5,10-13H2,1H3. The first-order chi connectivity index (χ1) is 13.0. The van der Waals surface area contributed by atoms with E-state index in [1.165, 1.54) is 23.5 Å². The number of hydrogen-bond donors (Lipinski definition) is 0. The van der Waals surface area contributed by atoms with Crippen LogP contribution in [0.3, 0.4) is 0 Å². The number of rotatable bonds is 4. The van der Waals surface area contributed by atoms with Gasteiger partial charge in [-0.3, -0.25) is 4.79 Å². The minimum atomic E-state index is -3.60. The van der Waals surface area contributed by atoms with Gasteiger partial charge in [0.25, 0.3) is 5.91 Å². The lowest BCUT2D eigenvalue weighted by Gasteiger charge is -2.20. The molecule has 2 heterocycles. The number of carbonyl (C=O) groups excluding carboxylic acids is 1. The Labute approximate surface area is 159 Å². The van der Waals surface area contributed by atoms with Gasteiger partial charge in [0.2, 0.25) is 10.0 Å². The maximum absolute atomic E-state index is 13.2. The summed E-state index contributed by atoms with van der Waals surface area (Å²) in [4.78, 5) is 15.1. The van der Waals surface area contributed by atoms with Crippen LogP contribution in [0.25, 0.3) is 0 Å². The van der Waals surface area contributed by atoms with Crippen LogP contribution < -0.4 is 9.64 Å². The zero-order valence-corrected chi connectivity index (χ0v) is 16.0. The molecule has 2 aliphatic rings. The molecule has 0 saturated carbocycles. The topological polar surface area (TPSA) is 66.9 Å². The van der Waals surface area contributed by atoms with Crippen molar-refractivity contribution in [2.45, 2.75) is 24.2 Å². The Bertz CT molecular complexity index is 981. The summed E-state index contributed by atoms with van der Waals surface area (Å²) >= 11 is 0. The summed E-state index contributed by atoms with van der Waals surface area (Å²) in [5.41, 5.74) is 2.26. The number of anilines is 1. The van der Waals surface area contributed by atoms with Crippen molar-refractivity contribution in [1.82, 2.24) is 4.31 Å². The van der Waals surface area contributed by atoms with Crippen LogP contribution in [-0.2, 0) is 16.4 Å². The van der Waals surface area contributed by atoms with Gasteiger partial charge < -0.3 is 9.64 Å². The number of nitrogens with zero attached hydrogens (tertiary/aromatic N) is 2. The fraction of sp³-hybridized carbons (Fsp3) is 0.350. The molecule has 0 bridgehead atoms. The van der Waals surface area contributed by atoms with Crippen LogP contribution in [0.1, 0.15) is 28.8 Å². The van der Waals surface area contributed by atoms with Gasteiger partial charge in [0.1, 0.15) is 5.75 Å². The molecule has 0 N–H and O–H groups in total. The van der Waals surface area contributed by atoms with Crippen molar-refractivity contribution >= 4 is 21.6 Å². The Morgan fingerprint density at radius 1 is 1.04 bits per heavy atom. The Hall–Kier alpha value is -2.38. The molecule has 7 heteroatoms. The zero-order valence-electron chi connectivity index (χ0n) is 15.2. The summed E-state index contributed by atoms with van der Waals surface area (Å²) in [6.07, 6.45) is 2.52. The van der Waals surface area contributed by atoms with E-state index in [1.54, 1.807) is 11.0 Å². The van der Waals surface area contributed by atoms with Crippen molar-refractivity contribution in [2.24, 2.45) is 0 Å². The molecule has 2 aromatic carbocycles. The number of para-hydroxylation sites is 1.